The third kappa shape index (κ3) is 5.40. The summed E-state index contributed by atoms with van der Waals surface area (Å²) in [6, 6.07) is 5.27. The molecule has 25 heavy (non-hydrogen) atoms. The maximum Gasteiger partial charge on any atom is 0.341 e. The van der Waals surface area contributed by atoms with Crippen molar-refractivity contribution in [2.75, 3.05) is 18.5 Å². The molecule has 134 valence electrons. The summed E-state index contributed by atoms with van der Waals surface area (Å²) in [6.45, 7) is 4.22. The highest BCUT2D eigenvalue weighted by molar-refractivity contribution is 7.16. The Hall–Kier alpha value is -2.19. The Morgan fingerprint density at radius 1 is 1.24 bits per heavy atom. The van der Waals surface area contributed by atoms with Crippen LogP contribution in [-0.2, 0) is 16.0 Å². The lowest BCUT2D eigenvalue weighted by Crippen LogP contribution is -2.27. The van der Waals surface area contributed by atoms with Gasteiger partial charge in [-0.3, -0.25) is 9.59 Å². The van der Waals surface area contributed by atoms with E-state index in [2.05, 4.69) is 10.6 Å². The number of esters is 1. The van der Waals surface area contributed by atoms with Gasteiger partial charge >= 0.3 is 5.97 Å². The fourth-order valence-corrected chi connectivity index (χ4v) is 3.68. The largest absolute Gasteiger partial charge is 0.462 e. The minimum atomic E-state index is -0.445. The number of rotatable bonds is 8. The Morgan fingerprint density at radius 3 is 2.68 bits per heavy atom. The SMILES string of the molecule is CCOC(=O)c1cc(CC)sc1NC(=O)CCNC(=O)c1cccs1. The van der Waals surface area contributed by atoms with E-state index in [1.54, 1.807) is 25.1 Å². The maximum atomic E-state index is 12.1. The number of hydrogen-bond donors (Lipinski definition) is 2. The fourth-order valence-electron chi connectivity index (χ4n) is 2.04. The number of carbonyl (C=O) groups is 3. The first-order chi connectivity index (χ1) is 12.0. The van der Waals surface area contributed by atoms with Gasteiger partial charge in [-0.05, 0) is 30.9 Å². The second-order valence-electron chi connectivity index (χ2n) is 5.06. The number of anilines is 1. The number of amides is 2. The maximum absolute atomic E-state index is 12.1. The predicted molar refractivity (Wildman–Crippen MR) is 99.6 cm³/mol. The molecule has 0 bridgehead atoms. The van der Waals surface area contributed by atoms with E-state index in [0.717, 1.165) is 11.3 Å². The molecule has 2 aromatic rings. The van der Waals surface area contributed by atoms with Gasteiger partial charge in [0.25, 0.3) is 5.91 Å². The number of aryl methyl sites for hydroxylation is 1. The molecule has 0 saturated carbocycles. The molecule has 2 N–H and O–H groups in total. The molecule has 2 aromatic heterocycles. The van der Waals surface area contributed by atoms with E-state index >= 15 is 0 Å². The highest BCUT2D eigenvalue weighted by Gasteiger charge is 2.18. The van der Waals surface area contributed by atoms with Gasteiger partial charge in [0.1, 0.15) is 5.00 Å². The van der Waals surface area contributed by atoms with E-state index in [-0.39, 0.29) is 31.4 Å². The summed E-state index contributed by atoms with van der Waals surface area (Å²) in [7, 11) is 0. The number of carbonyl (C=O) groups excluding carboxylic acids is 3. The Morgan fingerprint density at radius 2 is 2.04 bits per heavy atom. The first-order valence-corrected chi connectivity index (χ1v) is 9.66. The predicted octanol–water partition coefficient (Wildman–Crippen LogP) is 3.31. The zero-order valence-corrected chi connectivity index (χ0v) is 15.7. The normalized spacial score (nSPS) is 10.3. The zero-order valence-electron chi connectivity index (χ0n) is 14.1. The number of ether oxygens (including phenoxy) is 1. The lowest BCUT2D eigenvalue weighted by Gasteiger charge is -2.07. The lowest BCUT2D eigenvalue weighted by atomic mass is 10.2. The Bertz CT molecular complexity index is 738. The van der Waals surface area contributed by atoms with Crippen LogP contribution in [0.5, 0.6) is 0 Å². The van der Waals surface area contributed by atoms with Crippen LogP contribution in [0.4, 0.5) is 5.00 Å². The standard InChI is InChI=1S/C17H20N2O4S2/c1-3-11-10-12(17(22)23-4-2)16(25-11)19-14(20)7-8-18-15(21)13-6-5-9-24-13/h5-6,9-10H,3-4,7-8H2,1-2H3,(H,18,21)(H,19,20). The molecule has 0 aliphatic carbocycles. The second-order valence-corrected chi connectivity index (χ2v) is 7.15. The van der Waals surface area contributed by atoms with Gasteiger partial charge in [0.05, 0.1) is 17.0 Å². The van der Waals surface area contributed by atoms with Crippen molar-refractivity contribution in [1.29, 1.82) is 0 Å². The van der Waals surface area contributed by atoms with Gasteiger partial charge in [-0.1, -0.05) is 13.0 Å². The Kier molecular flexibility index (Phi) is 7.15. The summed E-state index contributed by atoms with van der Waals surface area (Å²) in [4.78, 5) is 37.5. The smallest absolute Gasteiger partial charge is 0.341 e. The quantitative estimate of drug-likeness (QED) is 0.688. The first-order valence-electron chi connectivity index (χ1n) is 7.96. The van der Waals surface area contributed by atoms with Crippen molar-refractivity contribution in [2.24, 2.45) is 0 Å². The zero-order chi connectivity index (χ0) is 18.2. The van der Waals surface area contributed by atoms with Crippen molar-refractivity contribution in [3.8, 4) is 0 Å². The molecule has 0 aliphatic heterocycles. The molecular formula is C17H20N2O4S2. The molecule has 0 aromatic carbocycles. The summed E-state index contributed by atoms with van der Waals surface area (Å²) in [5.74, 6) is -0.902. The minimum Gasteiger partial charge on any atom is -0.462 e. The van der Waals surface area contributed by atoms with Gasteiger partial charge in [0.15, 0.2) is 0 Å². The van der Waals surface area contributed by atoms with Gasteiger partial charge in [0.2, 0.25) is 5.91 Å². The van der Waals surface area contributed by atoms with Gasteiger partial charge in [-0.2, -0.15) is 0 Å². The van der Waals surface area contributed by atoms with E-state index in [0.29, 0.717) is 15.4 Å². The molecule has 2 heterocycles. The number of hydrogen-bond acceptors (Lipinski definition) is 6. The van der Waals surface area contributed by atoms with Crippen molar-refractivity contribution in [2.45, 2.75) is 26.7 Å². The Labute approximate surface area is 154 Å². The lowest BCUT2D eigenvalue weighted by molar-refractivity contribution is -0.116. The van der Waals surface area contributed by atoms with Crippen molar-refractivity contribution in [3.63, 3.8) is 0 Å². The third-order valence-electron chi connectivity index (χ3n) is 3.26. The van der Waals surface area contributed by atoms with Crippen LogP contribution in [0.3, 0.4) is 0 Å². The van der Waals surface area contributed by atoms with Crippen LogP contribution in [0, 0.1) is 0 Å². The molecule has 0 unspecified atom stereocenters. The second kappa shape index (κ2) is 9.33. The van der Waals surface area contributed by atoms with Gasteiger partial charge in [-0.15, -0.1) is 22.7 Å². The van der Waals surface area contributed by atoms with E-state index in [4.69, 9.17) is 4.74 Å². The highest BCUT2D eigenvalue weighted by Crippen LogP contribution is 2.29. The van der Waals surface area contributed by atoms with Crippen LogP contribution in [0.15, 0.2) is 23.6 Å². The fraction of sp³-hybridized carbons (Fsp3) is 0.353. The van der Waals surface area contributed by atoms with Gasteiger partial charge < -0.3 is 15.4 Å². The molecule has 0 fully saturated rings. The van der Waals surface area contributed by atoms with Crippen LogP contribution in [-0.4, -0.2) is 30.9 Å². The first kappa shape index (κ1) is 19.1. The van der Waals surface area contributed by atoms with Crippen molar-refractivity contribution < 1.29 is 19.1 Å². The van der Waals surface area contributed by atoms with Crippen molar-refractivity contribution >= 4 is 45.5 Å². The van der Waals surface area contributed by atoms with Crippen LogP contribution in [0.25, 0.3) is 0 Å². The minimum absolute atomic E-state index is 0.124. The third-order valence-corrected chi connectivity index (χ3v) is 5.33. The summed E-state index contributed by atoms with van der Waals surface area (Å²) in [5, 5.41) is 7.75. The van der Waals surface area contributed by atoms with Crippen molar-refractivity contribution in [1.82, 2.24) is 5.32 Å². The van der Waals surface area contributed by atoms with E-state index in [1.807, 2.05) is 12.3 Å². The van der Waals surface area contributed by atoms with Crippen molar-refractivity contribution in [3.05, 3.63) is 38.9 Å². The molecule has 6 nitrogen and oxygen atoms in total. The molecule has 2 amide bonds. The summed E-state index contributed by atoms with van der Waals surface area (Å²) in [5.41, 5.74) is 0.375. The van der Waals surface area contributed by atoms with E-state index < -0.39 is 5.97 Å². The van der Waals surface area contributed by atoms with Crippen LogP contribution < -0.4 is 10.6 Å². The summed E-state index contributed by atoms with van der Waals surface area (Å²) >= 11 is 2.71. The molecule has 0 saturated heterocycles. The van der Waals surface area contributed by atoms with E-state index in [1.165, 1.54) is 22.7 Å². The molecule has 0 atom stereocenters. The molecular weight excluding hydrogens is 360 g/mol. The number of nitrogens with one attached hydrogen (secondary N) is 2. The van der Waals surface area contributed by atoms with Crippen LogP contribution >= 0.6 is 22.7 Å². The summed E-state index contributed by atoms with van der Waals surface area (Å²) in [6.07, 6.45) is 0.891. The van der Waals surface area contributed by atoms with Crippen LogP contribution in [0.2, 0.25) is 0 Å². The topological polar surface area (TPSA) is 84.5 Å². The van der Waals surface area contributed by atoms with E-state index in [9.17, 15) is 14.4 Å². The molecule has 8 heteroatoms. The Balaban J connectivity index is 1.90. The summed E-state index contributed by atoms with van der Waals surface area (Å²) < 4.78 is 5.02. The molecule has 2 rings (SSSR count). The van der Waals surface area contributed by atoms with Gasteiger partial charge in [0, 0.05) is 17.8 Å². The molecule has 0 spiro atoms. The monoisotopic (exact) mass is 380 g/mol. The molecule has 0 aliphatic rings. The highest BCUT2D eigenvalue weighted by atomic mass is 32.1. The molecule has 0 radical (unpaired) electrons. The van der Waals surface area contributed by atoms with Gasteiger partial charge in [-0.25, -0.2) is 4.79 Å². The van der Waals surface area contributed by atoms with Crippen LogP contribution in [0.1, 0.15) is 45.2 Å². The average molecular weight is 380 g/mol. The average Bonchev–Trinajstić information content (AvgIpc) is 3.24. The number of thiophene rings is 2.